The molecule has 10 nitrogen and oxygen atoms in total. The van der Waals surface area contributed by atoms with E-state index in [4.69, 9.17) is 19.7 Å². The van der Waals surface area contributed by atoms with Crippen LogP contribution in [0.4, 0.5) is 0 Å². The van der Waals surface area contributed by atoms with Crippen LogP contribution in [0.5, 0.6) is 0 Å². The molecule has 0 aliphatic heterocycles. The average Bonchev–Trinajstić information content (AvgIpc) is 3.02. The van der Waals surface area contributed by atoms with Crippen LogP contribution >= 0.6 is 0 Å². The lowest BCUT2D eigenvalue weighted by Gasteiger charge is -2.15. The number of hydrogen-bond acceptors (Lipinski definition) is 10. The molecule has 0 aromatic carbocycles. The standard InChI is InChI=1S/C34H60O10/c1-3-5-7-9-11-13-15-17-19-21-23-27(31(39)43-33(41)29(37)25-35)28(32(40)44-34(42)30(38)26-36)24-22-20-18-16-14-12-10-8-6-4-2/h29-30,35-38H,3-26H2,1-2H3/b28-27+. The largest absolute Gasteiger partial charge is 0.393 e. The van der Waals surface area contributed by atoms with Crippen molar-refractivity contribution in [1.29, 1.82) is 0 Å². The van der Waals surface area contributed by atoms with Gasteiger partial charge in [0.1, 0.15) is 0 Å². The van der Waals surface area contributed by atoms with Gasteiger partial charge in [0.25, 0.3) is 0 Å². The molecule has 0 rings (SSSR count). The summed E-state index contributed by atoms with van der Waals surface area (Å²) < 4.78 is 9.57. The molecule has 10 heteroatoms. The van der Waals surface area contributed by atoms with Crippen molar-refractivity contribution in [2.75, 3.05) is 13.2 Å². The van der Waals surface area contributed by atoms with Gasteiger partial charge in [-0.15, -0.1) is 0 Å². The predicted molar refractivity (Wildman–Crippen MR) is 168 cm³/mol. The van der Waals surface area contributed by atoms with E-state index in [2.05, 4.69) is 13.8 Å². The molecule has 0 aromatic heterocycles. The number of rotatable bonds is 28. The Labute approximate surface area is 264 Å². The Morgan fingerprint density at radius 1 is 0.455 bits per heavy atom. The van der Waals surface area contributed by atoms with Gasteiger partial charge in [0.05, 0.1) is 13.2 Å². The highest BCUT2D eigenvalue weighted by molar-refractivity contribution is 6.06. The van der Waals surface area contributed by atoms with E-state index in [-0.39, 0.29) is 24.0 Å². The Morgan fingerprint density at radius 2 is 0.705 bits per heavy atom. The van der Waals surface area contributed by atoms with E-state index in [1.165, 1.54) is 64.2 Å². The Kier molecular flexibility index (Phi) is 27.0. The molecule has 44 heavy (non-hydrogen) atoms. The van der Waals surface area contributed by atoms with Crippen LogP contribution < -0.4 is 0 Å². The van der Waals surface area contributed by atoms with Crippen LogP contribution in [0.3, 0.4) is 0 Å². The van der Waals surface area contributed by atoms with Crippen LogP contribution in [0.1, 0.15) is 155 Å². The SMILES string of the molecule is CCCCCCCCCCCC/C(C(=O)OC(=O)C(O)CO)=C(/CCCCCCCCCCCC)C(=O)OC(=O)C(O)CO. The first-order chi connectivity index (χ1) is 21.2. The third-order valence-corrected chi connectivity index (χ3v) is 7.69. The fourth-order valence-electron chi connectivity index (χ4n) is 4.92. The molecular formula is C34H60O10. The van der Waals surface area contributed by atoms with Crippen molar-refractivity contribution < 1.29 is 49.1 Å². The van der Waals surface area contributed by atoms with Gasteiger partial charge in [-0.1, -0.05) is 129 Å². The van der Waals surface area contributed by atoms with Crippen LogP contribution in [0.2, 0.25) is 0 Å². The number of carbonyl (C=O) groups excluding carboxylic acids is 4. The van der Waals surface area contributed by atoms with Gasteiger partial charge in [-0.3, -0.25) is 0 Å². The molecule has 0 bridgehead atoms. The monoisotopic (exact) mass is 628 g/mol. The zero-order chi connectivity index (χ0) is 33.0. The molecule has 0 aliphatic carbocycles. The predicted octanol–water partition coefficient (Wildman–Crippen LogP) is 5.75. The summed E-state index contributed by atoms with van der Waals surface area (Å²) in [6, 6.07) is 0. The molecule has 2 unspecified atom stereocenters. The zero-order valence-corrected chi connectivity index (χ0v) is 27.4. The first-order valence-electron chi connectivity index (χ1n) is 17.0. The second-order valence-corrected chi connectivity index (χ2v) is 11.6. The summed E-state index contributed by atoms with van der Waals surface area (Å²) >= 11 is 0. The lowest BCUT2D eigenvalue weighted by Crippen LogP contribution is -2.31. The van der Waals surface area contributed by atoms with Crippen LogP contribution in [-0.4, -0.2) is 69.7 Å². The van der Waals surface area contributed by atoms with E-state index in [1.54, 1.807) is 0 Å². The van der Waals surface area contributed by atoms with Crippen LogP contribution in [-0.2, 0) is 28.7 Å². The molecule has 0 heterocycles. The molecule has 0 amide bonds. The Morgan fingerprint density at radius 3 is 0.955 bits per heavy atom. The molecule has 0 saturated heterocycles. The van der Waals surface area contributed by atoms with Crippen molar-refractivity contribution >= 4 is 23.9 Å². The van der Waals surface area contributed by atoms with E-state index in [9.17, 15) is 29.4 Å². The molecule has 2 atom stereocenters. The molecule has 0 aliphatic rings. The normalized spacial score (nSPS) is 13.2. The fourth-order valence-corrected chi connectivity index (χ4v) is 4.92. The number of ether oxygens (including phenoxy) is 2. The molecule has 256 valence electrons. The number of aliphatic hydroxyl groups is 4. The lowest BCUT2D eigenvalue weighted by atomic mass is 9.96. The first-order valence-corrected chi connectivity index (χ1v) is 17.0. The Hall–Kier alpha value is -2.14. The maximum atomic E-state index is 13.1. The molecular weight excluding hydrogens is 568 g/mol. The minimum atomic E-state index is -1.92. The molecule has 4 N–H and O–H groups in total. The highest BCUT2D eigenvalue weighted by Crippen LogP contribution is 2.24. The summed E-state index contributed by atoms with van der Waals surface area (Å²) in [4.78, 5) is 50.3. The minimum Gasteiger partial charge on any atom is -0.393 e. The van der Waals surface area contributed by atoms with E-state index in [0.29, 0.717) is 12.8 Å². The van der Waals surface area contributed by atoms with Crippen molar-refractivity contribution in [3.63, 3.8) is 0 Å². The quantitative estimate of drug-likeness (QED) is 0.0362. The average molecular weight is 629 g/mol. The summed E-state index contributed by atoms with van der Waals surface area (Å²) in [6.07, 6.45) is 17.2. The molecule has 0 fully saturated rings. The van der Waals surface area contributed by atoms with E-state index < -0.39 is 49.3 Å². The lowest BCUT2D eigenvalue weighted by molar-refractivity contribution is -0.167. The molecule has 0 spiro atoms. The topological polar surface area (TPSA) is 168 Å². The summed E-state index contributed by atoms with van der Waals surface area (Å²) in [6.45, 7) is 2.49. The third kappa shape index (κ3) is 20.7. The maximum Gasteiger partial charge on any atom is 0.345 e. The number of unbranched alkanes of at least 4 members (excludes halogenated alkanes) is 18. The smallest absolute Gasteiger partial charge is 0.345 e. The Balaban J connectivity index is 5.52. The van der Waals surface area contributed by atoms with Crippen LogP contribution in [0, 0.1) is 0 Å². The number of aliphatic hydroxyl groups excluding tert-OH is 4. The van der Waals surface area contributed by atoms with Gasteiger partial charge in [0.2, 0.25) is 0 Å². The van der Waals surface area contributed by atoms with Crippen molar-refractivity contribution in [3.8, 4) is 0 Å². The van der Waals surface area contributed by atoms with Gasteiger partial charge in [-0.25, -0.2) is 19.2 Å². The van der Waals surface area contributed by atoms with Crippen molar-refractivity contribution in [2.45, 2.75) is 167 Å². The summed E-state index contributed by atoms with van der Waals surface area (Å²) in [5.74, 6) is -4.99. The highest BCUT2D eigenvalue weighted by atomic mass is 16.6. The molecule has 0 aromatic rings. The first kappa shape index (κ1) is 41.9. The van der Waals surface area contributed by atoms with Gasteiger partial charge >= 0.3 is 23.9 Å². The maximum absolute atomic E-state index is 13.1. The number of esters is 4. The van der Waals surface area contributed by atoms with Crippen LogP contribution in [0.25, 0.3) is 0 Å². The third-order valence-electron chi connectivity index (χ3n) is 7.69. The van der Waals surface area contributed by atoms with E-state index in [0.717, 1.165) is 51.4 Å². The summed E-state index contributed by atoms with van der Waals surface area (Å²) in [7, 11) is 0. The van der Waals surface area contributed by atoms with Gasteiger partial charge in [-0.05, 0) is 25.7 Å². The van der Waals surface area contributed by atoms with Gasteiger partial charge in [-0.2, -0.15) is 0 Å². The van der Waals surface area contributed by atoms with Gasteiger partial charge in [0, 0.05) is 11.1 Å². The summed E-state index contributed by atoms with van der Waals surface area (Å²) in [5.41, 5.74) is -0.259. The van der Waals surface area contributed by atoms with Gasteiger partial charge in [0.15, 0.2) is 12.2 Å². The summed E-state index contributed by atoms with van der Waals surface area (Å²) in [5, 5.41) is 37.3. The second-order valence-electron chi connectivity index (χ2n) is 11.6. The number of hydrogen-bond donors (Lipinski definition) is 4. The second kappa shape index (κ2) is 28.3. The molecule has 0 saturated carbocycles. The number of carbonyl (C=O) groups is 4. The Bertz CT molecular complexity index is 757. The van der Waals surface area contributed by atoms with Crippen molar-refractivity contribution in [1.82, 2.24) is 0 Å². The fraction of sp³-hybridized carbons (Fsp3) is 0.824. The molecule has 0 radical (unpaired) electrons. The van der Waals surface area contributed by atoms with Crippen molar-refractivity contribution in [2.24, 2.45) is 0 Å². The highest BCUT2D eigenvalue weighted by Gasteiger charge is 2.29. The van der Waals surface area contributed by atoms with Crippen molar-refractivity contribution in [3.05, 3.63) is 11.1 Å². The van der Waals surface area contributed by atoms with E-state index in [1.807, 2.05) is 0 Å². The zero-order valence-electron chi connectivity index (χ0n) is 27.4. The van der Waals surface area contributed by atoms with E-state index >= 15 is 0 Å². The minimum absolute atomic E-state index is 0.0801. The van der Waals surface area contributed by atoms with Gasteiger partial charge < -0.3 is 29.9 Å². The van der Waals surface area contributed by atoms with Crippen LogP contribution in [0.15, 0.2) is 11.1 Å².